The molecule has 4 nitrogen and oxygen atoms in total. The Morgan fingerprint density at radius 2 is 2.05 bits per heavy atom. The second-order valence-electron chi connectivity index (χ2n) is 4.59. The van der Waals surface area contributed by atoms with Crippen LogP contribution in [0, 0.1) is 5.82 Å². The number of carbonyl (C=O) groups is 1. The standard InChI is InChI=1S/C15H16FN3O/c1-10(12-5-3-4-6-13(12)16)19(2)15(20)14-9-11(17)7-8-18-14/h3-10H,1-2H3,(H2,17,18). The van der Waals surface area contributed by atoms with Crippen molar-refractivity contribution < 1.29 is 9.18 Å². The van der Waals surface area contributed by atoms with E-state index in [9.17, 15) is 9.18 Å². The summed E-state index contributed by atoms with van der Waals surface area (Å²) in [5.74, 6) is -0.631. The van der Waals surface area contributed by atoms with Crippen molar-refractivity contribution in [1.82, 2.24) is 9.88 Å². The average Bonchev–Trinajstić information content (AvgIpc) is 2.45. The number of carbonyl (C=O) groups excluding carboxylic acids is 1. The molecule has 1 aromatic heterocycles. The highest BCUT2D eigenvalue weighted by Crippen LogP contribution is 2.23. The van der Waals surface area contributed by atoms with Crippen LogP contribution in [-0.4, -0.2) is 22.8 Å². The third kappa shape index (κ3) is 2.77. The Bertz CT molecular complexity index is 630. The molecule has 0 bridgehead atoms. The Morgan fingerprint density at radius 3 is 2.70 bits per heavy atom. The maximum atomic E-state index is 13.8. The average molecular weight is 273 g/mol. The highest BCUT2D eigenvalue weighted by atomic mass is 19.1. The van der Waals surface area contributed by atoms with Gasteiger partial charge < -0.3 is 10.6 Å². The number of aromatic nitrogens is 1. The minimum atomic E-state index is -0.396. The normalized spacial score (nSPS) is 11.9. The lowest BCUT2D eigenvalue weighted by Gasteiger charge is -2.25. The van der Waals surface area contributed by atoms with Gasteiger partial charge >= 0.3 is 0 Å². The number of hydrogen-bond donors (Lipinski definition) is 1. The summed E-state index contributed by atoms with van der Waals surface area (Å²) in [6, 6.07) is 9.12. The number of anilines is 1. The summed E-state index contributed by atoms with van der Waals surface area (Å²) in [6.07, 6.45) is 1.48. The van der Waals surface area contributed by atoms with Crippen molar-refractivity contribution in [1.29, 1.82) is 0 Å². The lowest BCUT2D eigenvalue weighted by Crippen LogP contribution is -2.30. The molecular formula is C15H16FN3O. The zero-order chi connectivity index (χ0) is 14.7. The molecule has 1 aromatic carbocycles. The number of pyridine rings is 1. The SMILES string of the molecule is CC(c1ccccc1F)N(C)C(=O)c1cc(N)ccn1. The number of nitrogen functional groups attached to an aromatic ring is 1. The largest absolute Gasteiger partial charge is 0.399 e. The molecule has 1 atom stereocenters. The van der Waals surface area contributed by atoms with Gasteiger partial charge in [0.05, 0.1) is 6.04 Å². The van der Waals surface area contributed by atoms with E-state index in [-0.39, 0.29) is 17.4 Å². The first-order chi connectivity index (χ1) is 9.50. The van der Waals surface area contributed by atoms with Gasteiger partial charge in [0.15, 0.2) is 0 Å². The third-order valence-electron chi connectivity index (χ3n) is 3.26. The van der Waals surface area contributed by atoms with Crippen LogP contribution >= 0.6 is 0 Å². The molecule has 0 saturated heterocycles. The van der Waals surface area contributed by atoms with Crippen LogP contribution in [0.1, 0.15) is 29.0 Å². The third-order valence-corrected chi connectivity index (χ3v) is 3.26. The summed E-state index contributed by atoms with van der Waals surface area (Å²) in [7, 11) is 1.62. The van der Waals surface area contributed by atoms with Crippen molar-refractivity contribution in [3.8, 4) is 0 Å². The predicted octanol–water partition coefficient (Wildman–Crippen LogP) is 2.64. The van der Waals surface area contributed by atoms with E-state index in [0.29, 0.717) is 11.3 Å². The van der Waals surface area contributed by atoms with Gasteiger partial charge in [-0.3, -0.25) is 9.78 Å². The van der Waals surface area contributed by atoms with Crippen LogP contribution in [0.3, 0.4) is 0 Å². The van der Waals surface area contributed by atoms with Gasteiger partial charge in [0.1, 0.15) is 11.5 Å². The Kier molecular flexibility index (Phi) is 3.98. The fourth-order valence-electron chi connectivity index (χ4n) is 1.94. The molecule has 1 heterocycles. The molecule has 1 amide bonds. The number of hydrogen-bond acceptors (Lipinski definition) is 3. The van der Waals surface area contributed by atoms with E-state index in [2.05, 4.69) is 4.98 Å². The summed E-state index contributed by atoms with van der Waals surface area (Å²) < 4.78 is 13.8. The second kappa shape index (κ2) is 5.69. The predicted molar refractivity (Wildman–Crippen MR) is 75.6 cm³/mol. The van der Waals surface area contributed by atoms with Gasteiger partial charge in [0, 0.05) is 24.5 Å². The second-order valence-corrected chi connectivity index (χ2v) is 4.59. The quantitative estimate of drug-likeness (QED) is 0.935. The number of nitrogens with zero attached hydrogens (tertiary/aromatic N) is 2. The minimum Gasteiger partial charge on any atom is -0.399 e. The highest BCUT2D eigenvalue weighted by Gasteiger charge is 2.21. The minimum absolute atomic E-state index is 0.246. The van der Waals surface area contributed by atoms with Crippen molar-refractivity contribution in [2.24, 2.45) is 0 Å². The van der Waals surface area contributed by atoms with Gasteiger partial charge in [-0.25, -0.2) is 4.39 Å². The molecule has 5 heteroatoms. The van der Waals surface area contributed by atoms with Crippen LogP contribution in [0.5, 0.6) is 0 Å². The van der Waals surface area contributed by atoms with Crippen LogP contribution in [0.15, 0.2) is 42.6 Å². The van der Waals surface area contributed by atoms with Gasteiger partial charge in [-0.15, -0.1) is 0 Å². The van der Waals surface area contributed by atoms with Gasteiger partial charge in [-0.05, 0) is 25.1 Å². The first kappa shape index (κ1) is 14.0. The number of rotatable bonds is 3. The molecule has 0 aliphatic carbocycles. The van der Waals surface area contributed by atoms with Crippen LogP contribution in [0.2, 0.25) is 0 Å². The molecule has 2 aromatic rings. The molecule has 0 aliphatic heterocycles. The van der Waals surface area contributed by atoms with Crippen molar-refractivity contribution in [2.75, 3.05) is 12.8 Å². The first-order valence-corrected chi connectivity index (χ1v) is 6.24. The van der Waals surface area contributed by atoms with Gasteiger partial charge in [0.25, 0.3) is 5.91 Å². The zero-order valence-electron chi connectivity index (χ0n) is 11.4. The van der Waals surface area contributed by atoms with E-state index in [4.69, 9.17) is 5.73 Å². The molecule has 2 N–H and O–H groups in total. The van der Waals surface area contributed by atoms with E-state index in [0.717, 1.165) is 0 Å². The Balaban J connectivity index is 2.25. The molecule has 0 radical (unpaired) electrons. The van der Waals surface area contributed by atoms with Gasteiger partial charge in [-0.1, -0.05) is 18.2 Å². The fourth-order valence-corrected chi connectivity index (χ4v) is 1.94. The van der Waals surface area contributed by atoms with Gasteiger partial charge in [-0.2, -0.15) is 0 Å². The first-order valence-electron chi connectivity index (χ1n) is 6.24. The lowest BCUT2D eigenvalue weighted by atomic mass is 10.1. The van der Waals surface area contributed by atoms with E-state index >= 15 is 0 Å². The number of nitrogens with two attached hydrogens (primary N) is 1. The van der Waals surface area contributed by atoms with E-state index in [1.807, 2.05) is 0 Å². The Labute approximate surface area is 117 Å². The summed E-state index contributed by atoms with van der Waals surface area (Å²) in [5, 5.41) is 0. The molecule has 0 fully saturated rings. The maximum absolute atomic E-state index is 13.8. The van der Waals surface area contributed by atoms with E-state index in [1.54, 1.807) is 38.2 Å². The van der Waals surface area contributed by atoms with E-state index < -0.39 is 6.04 Å². The summed E-state index contributed by atoms with van der Waals surface area (Å²) >= 11 is 0. The molecule has 1 unspecified atom stereocenters. The molecular weight excluding hydrogens is 257 g/mol. The Hall–Kier alpha value is -2.43. The molecule has 0 spiro atoms. The Morgan fingerprint density at radius 1 is 1.35 bits per heavy atom. The summed E-state index contributed by atoms with van der Waals surface area (Å²) in [5.41, 5.74) is 6.82. The number of benzene rings is 1. The molecule has 2 rings (SSSR count). The smallest absolute Gasteiger partial charge is 0.272 e. The number of amides is 1. The van der Waals surface area contributed by atoms with Crippen LogP contribution in [-0.2, 0) is 0 Å². The fraction of sp³-hybridized carbons (Fsp3) is 0.200. The summed E-state index contributed by atoms with van der Waals surface area (Å²) in [6.45, 7) is 1.77. The van der Waals surface area contributed by atoms with Crippen molar-refractivity contribution >= 4 is 11.6 Å². The van der Waals surface area contributed by atoms with Crippen LogP contribution < -0.4 is 5.73 Å². The molecule has 0 saturated carbocycles. The van der Waals surface area contributed by atoms with E-state index in [1.165, 1.54) is 23.2 Å². The topological polar surface area (TPSA) is 59.2 Å². The van der Waals surface area contributed by atoms with Crippen LogP contribution in [0.4, 0.5) is 10.1 Å². The summed E-state index contributed by atoms with van der Waals surface area (Å²) in [4.78, 5) is 17.7. The van der Waals surface area contributed by atoms with Crippen molar-refractivity contribution in [3.63, 3.8) is 0 Å². The number of halogens is 1. The van der Waals surface area contributed by atoms with Crippen LogP contribution in [0.25, 0.3) is 0 Å². The lowest BCUT2D eigenvalue weighted by molar-refractivity contribution is 0.0734. The highest BCUT2D eigenvalue weighted by molar-refractivity contribution is 5.93. The van der Waals surface area contributed by atoms with Crippen molar-refractivity contribution in [2.45, 2.75) is 13.0 Å². The molecule has 104 valence electrons. The molecule has 20 heavy (non-hydrogen) atoms. The van der Waals surface area contributed by atoms with Gasteiger partial charge in [0.2, 0.25) is 0 Å². The zero-order valence-corrected chi connectivity index (χ0v) is 11.4. The van der Waals surface area contributed by atoms with Crippen molar-refractivity contribution in [3.05, 3.63) is 59.7 Å². The maximum Gasteiger partial charge on any atom is 0.272 e. The monoisotopic (exact) mass is 273 g/mol. The molecule has 0 aliphatic rings.